The Kier molecular flexibility index (Phi) is 3.77. The average molecular weight is 357 g/mol. The van der Waals surface area contributed by atoms with Crippen LogP contribution >= 0.6 is 0 Å². The fraction of sp³-hybridized carbons (Fsp3) is 0.278. The van der Waals surface area contributed by atoms with Crippen LogP contribution in [-0.2, 0) is 27.7 Å². The van der Waals surface area contributed by atoms with Gasteiger partial charge in [-0.1, -0.05) is 0 Å². The summed E-state index contributed by atoms with van der Waals surface area (Å²) < 4.78 is 26.4. The number of aryl methyl sites for hydroxylation is 2. The van der Waals surface area contributed by atoms with Crippen LogP contribution < -0.4 is 10.0 Å². The minimum Gasteiger partial charge on any atom is -0.359 e. The number of nitrogens with one attached hydrogen (secondary N) is 3. The first-order valence-electron chi connectivity index (χ1n) is 8.30. The minimum absolute atomic E-state index is 0.141. The molecule has 0 atom stereocenters. The molecule has 3 N–H and O–H groups in total. The lowest BCUT2D eigenvalue weighted by Gasteiger charge is -2.08. The van der Waals surface area contributed by atoms with E-state index < -0.39 is 10.0 Å². The highest BCUT2D eigenvalue weighted by atomic mass is 32.2. The molecule has 1 aliphatic heterocycles. The second-order valence-electron chi connectivity index (χ2n) is 6.36. The number of H-pyrrole nitrogens is 1. The van der Waals surface area contributed by atoms with Crippen molar-refractivity contribution in [2.75, 3.05) is 12.4 Å². The molecule has 1 aromatic carbocycles. The summed E-state index contributed by atoms with van der Waals surface area (Å²) in [6, 6.07) is 6.73. The van der Waals surface area contributed by atoms with Crippen LogP contribution in [0, 0.1) is 0 Å². The standard InChI is InChI=1S/C18H19N3O3S/c1-19-25(23,24)13-6-7-17-14(10-13)15(18(22)21-17)9-12-8-11-4-2-3-5-16(11)20-12/h6-10,19-20H,2-5H2,1H3,(H,21,22). The number of carbonyl (C=O) groups is 1. The second-order valence-corrected chi connectivity index (χ2v) is 8.25. The van der Waals surface area contributed by atoms with Crippen LogP contribution in [0.1, 0.15) is 35.4 Å². The summed E-state index contributed by atoms with van der Waals surface area (Å²) in [7, 11) is -2.19. The highest BCUT2D eigenvalue weighted by molar-refractivity contribution is 7.89. The number of aromatic nitrogens is 1. The van der Waals surface area contributed by atoms with Gasteiger partial charge in [-0.3, -0.25) is 4.79 Å². The third kappa shape index (κ3) is 2.79. The monoisotopic (exact) mass is 357 g/mol. The van der Waals surface area contributed by atoms with E-state index in [-0.39, 0.29) is 10.8 Å². The van der Waals surface area contributed by atoms with Gasteiger partial charge in [0.2, 0.25) is 10.0 Å². The molecule has 0 fully saturated rings. The summed E-state index contributed by atoms with van der Waals surface area (Å²) in [5, 5.41) is 2.79. The van der Waals surface area contributed by atoms with E-state index in [0.29, 0.717) is 16.8 Å². The van der Waals surface area contributed by atoms with Crippen molar-refractivity contribution in [3.63, 3.8) is 0 Å². The molecule has 0 bridgehead atoms. The molecule has 2 heterocycles. The van der Waals surface area contributed by atoms with Crippen molar-refractivity contribution in [3.05, 3.63) is 46.8 Å². The van der Waals surface area contributed by atoms with Gasteiger partial charge in [0.1, 0.15) is 0 Å². The van der Waals surface area contributed by atoms with Gasteiger partial charge in [0.25, 0.3) is 5.91 Å². The number of anilines is 1. The van der Waals surface area contributed by atoms with Crippen LogP contribution in [0.5, 0.6) is 0 Å². The van der Waals surface area contributed by atoms with E-state index in [2.05, 4.69) is 21.1 Å². The first kappa shape index (κ1) is 16.1. The lowest BCUT2D eigenvalue weighted by molar-refractivity contribution is -0.110. The van der Waals surface area contributed by atoms with E-state index in [9.17, 15) is 13.2 Å². The van der Waals surface area contributed by atoms with Gasteiger partial charge in [0.05, 0.1) is 10.5 Å². The van der Waals surface area contributed by atoms with E-state index in [1.807, 2.05) is 0 Å². The molecule has 7 heteroatoms. The number of fused-ring (bicyclic) bond motifs is 2. The predicted molar refractivity (Wildman–Crippen MR) is 96.6 cm³/mol. The molecule has 0 radical (unpaired) electrons. The number of hydrogen-bond donors (Lipinski definition) is 3. The van der Waals surface area contributed by atoms with E-state index >= 15 is 0 Å². The number of rotatable bonds is 3. The van der Waals surface area contributed by atoms with Crippen molar-refractivity contribution in [2.45, 2.75) is 30.6 Å². The maximum Gasteiger partial charge on any atom is 0.256 e. The van der Waals surface area contributed by atoms with Gasteiger partial charge in [-0.25, -0.2) is 13.1 Å². The molecular formula is C18H19N3O3S. The molecule has 0 spiro atoms. The fourth-order valence-corrected chi connectivity index (χ4v) is 4.21. The molecule has 130 valence electrons. The first-order valence-corrected chi connectivity index (χ1v) is 9.78. The molecule has 0 saturated carbocycles. The molecule has 4 rings (SSSR count). The largest absolute Gasteiger partial charge is 0.359 e. The maximum absolute atomic E-state index is 12.4. The molecule has 2 aliphatic rings. The zero-order valence-corrected chi connectivity index (χ0v) is 14.7. The Morgan fingerprint density at radius 1 is 1.16 bits per heavy atom. The Bertz CT molecular complexity index is 979. The zero-order chi connectivity index (χ0) is 17.6. The van der Waals surface area contributed by atoms with Gasteiger partial charge in [0, 0.05) is 22.6 Å². The SMILES string of the molecule is CNS(=O)(=O)c1ccc2c(c1)C(=Cc1cc3c([nH]1)CCCC3)C(=O)N2. The summed E-state index contributed by atoms with van der Waals surface area (Å²) in [6.07, 6.45) is 6.26. The second kappa shape index (κ2) is 5.86. The van der Waals surface area contributed by atoms with Crippen LogP contribution in [0.3, 0.4) is 0 Å². The maximum atomic E-state index is 12.4. The lowest BCUT2D eigenvalue weighted by atomic mass is 9.98. The molecular weight excluding hydrogens is 338 g/mol. The van der Waals surface area contributed by atoms with E-state index in [1.54, 1.807) is 12.1 Å². The molecule has 0 unspecified atom stereocenters. The van der Waals surface area contributed by atoms with E-state index in [0.717, 1.165) is 18.5 Å². The highest BCUT2D eigenvalue weighted by Crippen LogP contribution is 2.35. The smallest absolute Gasteiger partial charge is 0.256 e. The van der Waals surface area contributed by atoms with Crippen LogP contribution in [0.25, 0.3) is 11.6 Å². The third-order valence-electron chi connectivity index (χ3n) is 4.79. The Balaban J connectivity index is 1.78. The predicted octanol–water partition coefficient (Wildman–Crippen LogP) is 2.29. The minimum atomic E-state index is -3.56. The number of amides is 1. The van der Waals surface area contributed by atoms with Gasteiger partial charge < -0.3 is 10.3 Å². The van der Waals surface area contributed by atoms with Gasteiger partial charge in [-0.05, 0) is 68.6 Å². The third-order valence-corrected chi connectivity index (χ3v) is 6.20. The molecule has 1 amide bonds. The van der Waals surface area contributed by atoms with E-state index in [4.69, 9.17) is 0 Å². The molecule has 2 aromatic rings. The Labute approximate surface area is 146 Å². The summed E-state index contributed by atoms with van der Waals surface area (Å²) in [5.41, 5.74) is 5.14. The topological polar surface area (TPSA) is 91.1 Å². The molecule has 1 aromatic heterocycles. The summed E-state index contributed by atoms with van der Waals surface area (Å²) >= 11 is 0. The number of hydrogen-bond acceptors (Lipinski definition) is 3. The van der Waals surface area contributed by atoms with Crippen molar-refractivity contribution >= 4 is 33.3 Å². The van der Waals surface area contributed by atoms with Crippen molar-refractivity contribution in [2.24, 2.45) is 0 Å². The van der Waals surface area contributed by atoms with Crippen molar-refractivity contribution in [3.8, 4) is 0 Å². The van der Waals surface area contributed by atoms with Crippen molar-refractivity contribution in [1.82, 2.24) is 9.71 Å². The molecule has 6 nitrogen and oxygen atoms in total. The fourth-order valence-electron chi connectivity index (χ4n) is 3.46. The Morgan fingerprint density at radius 2 is 1.96 bits per heavy atom. The Hall–Kier alpha value is -2.38. The highest BCUT2D eigenvalue weighted by Gasteiger charge is 2.26. The van der Waals surface area contributed by atoms with Crippen LogP contribution in [0.2, 0.25) is 0 Å². The van der Waals surface area contributed by atoms with E-state index in [1.165, 1.54) is 43.3 Å². The average Bonchev–Trinajstić information content (AvgIpc) is 3.15. The van der Waals surface area contributed by atoms with Crippen LogP contribution in [-0.4, -0.2) is 26.4 Å². The lowest BCUT2D eigenvalue weighted by Crippen LogP contribution is -2.18. The number of aromatic amines is 1. The van der Waals surface area contributed by atoms with Gasteiger partial charge >= 0.3 is 0 Å². The van der Waals surface area contributed by atoms with Crippen molar-refractivity contribution in [1.29, 1.82) is 0 Å². The van der Waals surface area contributed by atoms with Crippen LogP contribution in [0.4, 0.5) is 5.69 Å². The number of benzene rings is 1. The first-order chi connectivity index (χ1) is 12.0. The number of sulfonamides is 1. The molecule has 25 heavy (non-hydrogen) atoms. The van der Waals surface area contributed by atoms with Gasteiger partial charge in [0.15, 0.2) is 0 Å². The zero-order valence-electron chi connectivity index (χ0n) is 13.8. The number of carbonyl (C=O) groups excluding carboxylic acids is 1. The Morgan fingerprint density at radius 3 is 2.72 bits per heavy atom. The quantitative estimate of drug-likeness (QED) is 0.736. The molecule has 1 aliphatic carbocycles. The normalized spacial score (nSPS) is 18.1. The van der Waals surface area contributed by atoms with Crippen LogP contribution in [0.15, 0.2) is 29.2 Å². The molecule has 0 saturated heterocycles. The van der Waals surface area contributed by atoms with Gasteiger partial charge in [-0.15, -0.1) is 0 Å². The summed E-state index contributed by atoms with van der Waals surface area (Å²) in [6.45, 7) is 0. The van der Waals surface area contributed by atoms with Gasteiger partial charge in [-0.2, -0.15) is 0 Å². The summed E-state index contributed by atoms with van der Waals surface area (Å²) in [4.78, 5) is 15.9. The van der Waals surface area contributed by atoms with Crippen molar-refractivity contribution < 1.29 is 13.2 Å². The summed E-state index contributed by atoms with van der Waals surface area (Å²) in [5.74, 6) is -0.221.